The van der Waals surface area contributed by atoms with Crippen molar-refractivity contribution >= 4 is 23.1 Å². The number of Topliss-reactive ketones (excluding diaryl/α,β-unsaturated/α-hetero) is 1. The third-order valence-corrected chi connectivity index (χ3v) is 8.16. The molecule has 1 amide bonds. The van der Waals surface area contributed by atoms with Crippen LogP contribution in [0, 0.1) is 19.3 Å². The number of benzene rings is 1. The standard InChI is InChI=1S/C24H26N4O4.C8H15N.2C2H6.CH3NO/c1-15-6-7-17-12-18(23(30-3)13-19(17)26-15)21-14-25-24(27-21)8-10-31-9-4-5-22(29)20-11-16(2)32-28-20;1-9-6-4-8(2-3-8)5-7-9;2*1-2;2-1-3/h6-7,11-14H,4-5,8-10H2,1-3H3,(H,25,27);2-7H2,1H3;2*1-2H3;1H,(H2,2,3). The molecule has 1 spiro atoms. The quantitative estimate of drug-likeness (QED) is 0.103. The molecule has 1 saturated heterocycles. The van der Waals surface area contributed by atoms with Crippen LogP contribution in [0.3, 0.4) is 0 Å². The number of likely N-dealkylation sites (tertiary alicyclic amines) is 1. The molecule has 264 valence electrons. The summed E-state index contributed by atoms with van der Waals surface area (Å²) >= 11 is 0. The predicted molar refractivity (Wildman–Crippen MR) is 191 cm³/mol. The summed E-state index contributed by atoms with van der Waals surface area (Å²) in [5.74, 6) is 2.18. The molecular formula is C37H56N6O5. The van der Waals surface area contributed by atoms with Crippen molar-refractivity contribution in [2.45, 2.75) is 86.5 Å². The normalized spacial score (nSPS) is 14.2. The minimum absolute atomic E-state index is 0.0316. The van der Waals surface area contributed by atoms with Crippen molar-refractivity contribution < 1.29 is 23.6 Å². The van der Waals surface area contributed by atoms with Crippen LogP contribution >= 0.6 is 0 Å². The van der Waals surface area contributed by atoms with Crippen molar-refractivity contribution in [3.05, 3.63) is 59.5 Å². The van der Waals surface area contributed by atoms with Gasteiger partial charge in [0.25, 0.3) is 0 Å². The minimum Gasteiger partial charge on any atom is -0.496 e. The Balaban J connectivity index is 0.000000414. The maximum atomic E-state index is 12.0. The van der Waals surface area contributed by atoms with Gasteiger partial charge in [-0.2, -0.15) is 0 Å². The molecule has 3 aromatic heterocycles. The molecule has 0 unspecified atom stereocenters. The maximum Gasteiger partial charge on any atom is 0.204 e. The number of piperidine rings is 1. The molecule has 1 aliphatic carbocycles. The molecule has 2 fully saturated rings. The lowest BCUT2D eigenvalue weighted by molar-refractivity contribution is -0.106. The number of ketones is 1. The summed E-state index contributed by atoms with van der Waals surface area (Å²) in [5.41, 5.74) is 9.09. The Morgan fingerprint density at radius 3 is 2.35 bits per heavy atom. The fourth-order valence-electron chi connectivity index (χ4n) is 5.26. The number of methoxy groups -OCH3 is 1. The lowest BCUT2D eigenvalue weighted by Crippen LogP contribution is -2.30. The van der Waals surface area contributed by atoms with Gasteiger partial charge in [0.1, 0.15) is 23.0 Å². The number of primary amides is 1. The largest absolute Gasteiger partial charge is 0.496 e. The average molecular weight is 665 g/mol. The van der Waals surface area contributed by atoms with Crippen LogP contribution in [-0.4, -0.2) is 77.7 Å². The first-order chi connectivity index (χ1) is 23.3. The molecule has 11 heteroatoms. The zero-order valence-electron chi connectivity index (χ0n) is 30.2. The van der Waals surface area contributed by atoms with Crippen LogP contribution in [0.2, 0.25) is 0 Å². The van der Waals surface area contributed by atoms with Crippen LogP contribution in [0.15, 0.2) is 41.1 Å². The van der Waals surface area contributed by atoms with Gasteiger partial charge in [0.2, 0.25) is 6.41 Å². The Morgan fingerprint density at radius 1 is 1.06 bits per heavy atom. The molecular weight excluding hydrogens is 608 g/mol. The second-order valence-electron chi connectivity index (χ2n) is 11.6. The molecule has 11 nitrogen and oxygen atoms in total. The van der Waals surface area contributed by atoms with Crippen molar-refractivity contribution in [2.75, 3.05) is 40.5 Å². The van der Waals surface area contributed by atoms with Gasteiger partial charge in [-0.05, 0) is 83.6 Å². The van der Waals surface area contributed by atoms with Crippen LogP contribution in [-0.2, 0) is 16.0 Å². The number of amides is 1. The van der Waals surface area contributed by atoms with Gasteiger partial charge in [0, 0.05) is 48.2 Å². The number of nitrogens with one attached hydrogen (secondary N) is 1. The Labute approximate surface area is 286 Å². The van der Waals surface area contributed by atoms with Crippen LogP contribution in [0.4, 0.5) is 0 Å². The number of aromatic amines is 1. The van der Waals surface area contributed by atoms with Gasteiger partial charge >= 0.3 is 0 Å². The minimum atomic E-state index is -0.0316. The number of rotatable bonds is 10. The zero-order valence-corrected chi connectivity index (χ0v) is 30.2. The van der Waals surface area contributed by atoms with Gasteiger partial charge in [-0.1, -0.05) is 38.9 Å². The van der Waals surface area contributed by atoms with Gasteiger partial charge in [-0.25, -0.2) is 4.98 Å². The fraction of sp³-hybridized carbons (Fsp3) is 0.541. The van der Waals surface area contributed by atoms with Crippen molar-refractivity contribution in [2.24, 2.45) is 11.1 Å². The highest BCUT2D eigenvalue weighted by atomic mass is 16.5. The summed E-state index contributed by atoms with van der Waals surface area (Å²) in [5, 5.41) is 4.78. The summed E-state index contributed by atoms with van der Waals surface area (Å²) in [7, 11) is 3.88. The Bertz CT molecular complexity index is 1520. The van der Waals surface area contributed by atoms with Gasteiger partial charge in [-0.3, -0.25) is 14.6 Å². The van der Waals surface area contributed by atoms with E-state index in [1.54, 1.807) is 26.3 Å². The second kappa shape index (κ2) is 21.0. The third-order valence-electron chi connectivity index (χ3n) is 8.16. The summed E-state index contributed by atoms with van der Waals surface area (Å²) in [4.78, 5) is 35.4. The molecule has 0 radical (unpaired) electrons. The number of carbonyl (C=O) groups excluding carboxylic acids is 2. The first-order valence-corrected chi connectivity index (χ1v) is 17.1. The van der Waals surface area contributed by atoms with Crippen molar-refractivity contribution in [1.82, 2.24) is 25.0 Å². The number of H-pyrrole nitrogens is 1. The maximum absolute atomic E-state index is 12.0. The highest BCUT2D eigenvalue weighted by Crippen LogP contribution is 2.53. The van der Waals surface area contributed by atoms with Crippen LogP contribution < -0.4 is 10.5 Å². The second-order valence-corrected chi connectivity index (χ2v) is 11.6. The number of carbonyl (C=O) groups is 2. The van der Waals surface area contributed by atoms with E-state index in [1.807, 2.05) is 46.8 Å². The zero-order chi connectivity index (χ0) is 35.5. The van der Waals surface area contributed by atoms with Crippen LogP contribution in [0.1, 0.15) is 94.0 Å². The number of fused-ring (bicyclic) bond motifs is 1. The highest BCUT2D eigenvalue weighted by molar-refractivity contribution is 5.94. The molecule has 48 heavy (non-hydrogen) atoms. The highest BCUT2D eigenvalue weighted by Gasteiger charge is 2.43. The molecule has 0 bridgehead atoms. The Hall–Kier alpha value is -4.09. The van der Waals surface area contributed by atoms with Crippen molar-refractivity contribution in [3.8, 4) is 17.0 Å². The number of imidazole rings is 1. The van der Waals surface area contributed by atoms with E-state index >= 15 is 0 Å². The van der Waals surface area contributed by atoms with Crippen molar-refractivity contribution in [3.63, 3.8) is 0 Å². The summed E-state index contributed by atoms with van der Waals surface area (Å²) < 4.78 is 16.2. The average Bonchev–Trinajstić information content (AvgIpc) is 3.45. The first kappa shape index (κ1) is 40.1. The molecule has 4 heterocycles. The van der Waals surface area contributed by atoms with E-state index in [1.165, 1.54) is 38.8 Å². The lowest BCUT2D eigenvalue weighted by Gasteiger charge is -2.28. The molecule has 1 aliphatic heterocycles. The fourth-order valence-corrected chi connectivity index (χ4v) is 5.26. The summed E-state index contributed by atoms with van der Waals surface area (Å²) in [6.07, 6.45) is 9.73. The van der Waals surface area contributed by atoms with Gasteiger partial charge < -0.3 is 29.6 Å². The van der Waals surface area contributed by atoms with Gasteiger partial charge in [0.05, 0.1) is 31.1 Å². The molecule has 4 aromatic rings. The van der Waals surface area contributed by atoms with E-state index in [0.717, 1.165) is 44.8 Å². The Morgan fingerprint density at radius 2 is 1.75 bits per heavy atom. The van der Waals surface area contributed by atoms with Crippen LogP contribution in [0.5, 0.6) is 5.75 Å². The Kier molecular flexibility index (Phi) is 17.5. The number of nitrogens with zero attached hydrogens (tertiary/aromatic N) is 4. The summed E-state index contributed by atoms with van der Waals surface area (Å²) in [6, 6.07) is 9.71. The van der Waals surface area contributed by atoms with Crippen LogP contribution in [0.25, 0.3) is 22.2 Å². The molecule has 3 N–H and O–H groups in total. The third kappa shape index (κ3) is 12.5. The van der Waals surface area contributed by atoms with E-state index in [-0.39, 0.29) is 12.2 Å². The van der Waals surface area contributed by atoms with E-state index in [2.05, 4.69) is 49.9 Å². The smallest absolute Gasteiger partial charge is 0.204 e. The number of hydrogen-bond donors (Lipinski definition) is 2. The molecule has 0 atom stereocenters. The number of hydrogen-bond acceptors (Lipinski definition) is 9. The topological polar surface area (TPSA) is 149 Å². The molecule has 1 aromatic carbocycles. The molecule has 1 saturated carbocycles. The molecule has 6 rings (SSSR count). The number of ether oxygens (including phenoxy) is 2. The van der Waals surface area contributed by atoms with E-state index in [4.69, 9.17) is 18.8 Å². The van der Waals surface area contributed by atoms with Gasteiger partial charge in [0.15, 0.2) is 5.78 Å². The number of aryl methyl sites for hydroxylation is 2. The van der Waals surface area contributed by atoms with Gasteiger partial charge in [-0.15, -0.1) is 0 Å². The van der Waals surface area contributed by atoms with E-state index < -0.39 is 0 Å². The number of pyridine rings is 1. The lowest BCUT2D eigenvalue weighted by atomic mass is 9.94. The van der Waals surface area contributed by atoms with Crippen molar-refractivity contribution in [1.29, 1.82) is 0 Å². The number of aromatic nitrogens is 4. The predicted octanol–water partition coefficient (Wildman–Crippen LogP) is 7.11. The first-order valence-electron chi connectivity index (χ1n) is 17.1. The molecule has 2 aliphatic rings. The summed E-state index contributed by atoms with van der Waals surface area (Å²) in [6.45, 7) is 15.4. The SMILES string of the molecule is CC.CC.CN1CCC2(CC1)CC2.COc1cc2nc(C)ccc2cc1-c1cnc(CCOCCCC(=O)c2cc(C)on2)[nH]1.NC=O. The number of nitrogens with two attached hydrogens (primary N) is 1. The van der Waals surface area contributed by atoms with E-state index in [9.17, 15) is 4.79 Å². The van der Waals surface area contributed by atoms with E-state index in [0.29, 0.717) is 43.9 Å². The monoisotopic (exact) mass is 664 g/mol.